The van der Waals surface area contributed by atoms with Crippen LogP contribution in [0.5, 0.6) is 5.88 Å². The molecule has 1 atom stereocenters. The molecular weight excluding hydrogens is 224 g/mol. The SMILES string of the molecule is CNC(CCCC(C)C)Cc1ccc(OC)nc1. The third kappa shape index (κ3) is 5.50. The van der Waals surface area contributed by atoms with Gasteiger partial charge >= 0.3 is 0 Å². The van der Waals surface area contributed by atoms with Crippen molar-refractivity contribution in [2.75, 3.05) is 14.2 Å². The Morgan fingerprint density at radius 2 is 2.06 bits per heavy atom. The summed E-state index contributed by atoms with van der Waals surface area (Å²) in [5.74, 6) is 1.48. The van der Waals surface area contributed by atoms with Gasteiger partial charge in [0.25, 0.3) is 0 Å². The molecule has 3 nitrogen and oxygen atoms in total. The molecule has 0 spiro atoms. The molecule has 1 rings (SSSR count). The zero-order chi connectivity index (χ0) is 13.4. The van der Waals surface area contributed by atoms with Gasteiger partial charge in [-0.1, -0.05) is 32.8 Å². The highest BCUT2D eigenvalue weighted by atomic mass is 16.5. The summed E-state index contributed by atoms with van der Waals surface area (Å²) in [4.78, 5) is 4.24. The Labute approximate surface area is 111 Å². The maximum Gasteiger partial charge on any atom is 0.212 e. The van der Waals surface area contributed by atoms with Crippen molar-refractivity contribution in [1.82, 2.24) is 10.3 Å². The van der Waals surface area contributed by atoms with Crippen molar-refractivity contribution < 1.29 is 4.74 Å². The number of nitrogens with one attached hydrogen (secondary N) is 1. The number of likely N-dealkylation sites (N-methyl/N-ethyl adjacent to an activating group) is 1. The Bertz CT molecular complexity index is 322. The standard InChI is InChI=1S/C15H26N2O/c1-12(2)6-5-7-14(16-3)10-13-8-9-15(18-4)17-11-13/h8-9,11-12,14,16H,5-7,10H2,1-4H3. The second-order valence-corrected chi connectivity index (χ2v) is 5.22. The van der Waals surface area contributed by atoms with Crippen molar-refractivity contribution >= 4 is 0 Å². The van der Waals surface area contributed by atoms with Crippen LogP contribution in [0.15, 0.2) is 18.3 Å². The van der Waals surface area contributed by atoms with Crippen LogP contribution in [0.4, 0.5) is 0 Å². The van der Waals surface area contributed by atoms with Crippen LogP contribution in [0.25, 0.3) is 0 Å². The van der Waals surface area contributed by atoms with Gasteiger partial charge in [0.2, 0.25) is 5.88 Å². The van der Waals surface area contributed by atoms with Crippen LogP contribution >= 0.6 is 0 Å². The lowest BCUT2D eigenvalue weighted by molar-refractivity contribution is 0.397. The first-order valence-electron chi connectivity index (χ1n) is 6.82. The number of hydrogen-bond acceptors (Lipinski definition) is 3. The van der Waals surface area contributed by atoms with Crippen LogP contribution in [0, 0.1) is 5.92 Å². The lowest BCUT2D eigenvalue weighted by Gasteiger charge is -2.16. The largest absolute Gasteiger partial charge is 0.481 e. The predicted molar refractivity (Wildman–Crippen MR) is 76.0 cm³/mol. The third-order valence-corrected chi connectivity index (χ3v) is 3.23. The van der Waals surface area contributed by atoms with Crippen molar-refractivity contribution in [2.24, 2.45) is 5.92 Å². The van der Waals surface area contributed by atoms with Crippen LogP contribution in [0.2, 0.25) is 0 Å². The van der Waals surface area contributed by atoms with E-state index in [-0.39, 0.29) is 0 Å². The zero-order valence-corrected chi connectivity index (χ0v) is 12.1. The van der Waals surface area contributed by atoms with E-state index >= 15 is 0 Å². The number of hydrogen-bond donors (Lipinski definition) is 1. The van der Waals surface area contributed by atoms with E-state index < -0.39 is 0 Å². The van der Waals surface area contributed by atoms with E-state index in [0.717, 1.165) is 12.3 Å². The van der Waals surface area contributed by atoms with Gasteiger partial charge in [-0.15, -0.1) is 0 Å². The smallest absolute Gasteiger partial charge is 0.212 e. The number of rotatable bonds is 8. The molecule has 0 radical (unpaired) electrons. The minimum Gasteiger partial charge on any atom is -0.481 e. The quantitative estimate of drug-likeness (QED) is 0.770. The van der Waals surface area contributed by atoms with E-state index in [1.54, 1.807) is 7.11 Å². The van der Waals surface area contributed by atoms with Gasteiger partial charge in [-0.2, -0.15) is 0 Å². The minimum absolute atomic E-state index is 0.541. The van der Waals surface area contributed by atoms with Gasteiger partial charge < -0.3 is 10.1 Å². The molecule has 102 valence electrons. The molecular formula is C15H26N2O. The van der Waals surface area contributed by atoms with Crippen LogP contribution in [-0.2, 0) is 6.42 Å². The van der Waals surface area contributed by atoms with Crippen LogP contribution in [0.3, 0.4) is 0 Å². The molecule has 3 heteroatoms. The highest BCUT2D eigenvalue weighted by Crippen LogP contribution is 2.13. The van der Waals surface area contributed by atoms with Crippen molar-refractivity contribution in [1.29, 1.82) is 0 Å². The molecule has 1 heterocycles. The molecule has 0 aliphatic rings. The average Bonchev–Trinajstić information content (AvgIpc) is 2.38. The molecule has 0 aliphatic heterocycles. The molecule has 1 unspecified atom stereocenters. The molecule has 1 N–H and O–H groups in total. The molecule has 1 aromatic rings. The van der Waals surface area contributed by atoms with E-state index in [0.29, 0.717) is 11.9 Å². The first kappa shape index (κ1) is 15.0. The number of pyridine rings is 1. The minimum atomic E-state index is 0.541. The fraction of sp³-hybridized carbons (Fsp3) is 0.667. The van der Waals surface area contributed by atoms with Gasteiger partial charge in [0.05, 0.1) is 7.11 Å². The number of aromatic nitrogens is 1. The predicted octanol–water partition coefficient (Wildman–Crippen LogP) is 3.05. The topological polar surface area (TPSA) is 34.1 Å². The summed E-state index contributed by atoms with van der Waals surface area (Å²) in [6.45, 7) is 4.56. The van der Waals surface area contributed by atoms with Crippen molar-refractivity contribution in [3.63, 3.8) is 0 Å². The fourth-order valence-corrected chi connectivity index (χ4v) is 2.06. The molecule has 0 amide bonds. The summed E-state index contributed by atoms with van der Waals surface area (Å²) in [5, 5.41) is 3.39. The summed E-state index contributed by atoms with van der Waals surface area (Å²) < 4.78 is 5.06. The molecule has 1 aromatic heterocycles. The Morgan fingerprint density at radius 3 is 2.56 bits per heavy atom. The molecule has 0 saturated heterocycles. The lowest BCUT2D eigenvalue weighted by atomic mass is 9.99. The second kappa shape index (κ2) is 8.09. The molecule has 0 fully saturated rings. The molecule has 0 aliphatic carbocycles. The van der Waals surface area contributed by atoms with Gasteiger partial charge in [0.1, 0.15) is 0 Å². The Hall–Kier alpha value is -1.09. The Balaban J connectivity index is 2.41. The van der Waals surface area contributed by atoms with Gasteiger partial charge in [0, 0.05) is 18.3 Å². The third-order valence-electron chi connectivity index (χ3n) is 3.23. The van der Waals surface area contributed by atoms with Crippen molar-refractivity contribution in [3.05, 3.63) is 23.9 Å². The summed E-state index contributed by atoms with van der Waals surface area (Å²) in [5.41, 5.74) is 1.26. The van der Waals surface area contributed by atoms with E-state index in [1.807, 2.05) is 19.3 Å². The molecule has 0 aromatic carbocycles. The normalized spacial score (nSPS) is 12.7. The first-order chi connectivity index (χ1) is 8.65. The van der Waals surface area contributed by atoms with E-state index in [4.69, 9.17) is 4.74 Å². The van der Waals surface area contributed by atoms with Crippen molar-refractivity contribution in [2.45, 2.75) is 45.6 Å². The van der Waals surface area contributed by atoms with Gasteiger partial charge in [-0.05, 0) is 31.4 Å². The van der Waals surface area contributed by atoms with Crippen LogP contribution < -0.4 is 10.1 Å². The monoisotopic (exact) mass is 250 g/mol. The average molecular weight is 250 g/mol. The Morgan fingerprint density at radius 1 is 1.28 bits per heavy atom. The van der Waals surface area contributed by atoms with E-state index in [2.05, 4.69) is 30.2 Å². The maximum absolute atomic E-state index is 5.06. The fourth-order valence-electron chi connectivity index (χ4n) is 2.06. The highest BCUT2D eigenvalue weighted by molar-refractivity contribution is 5.18. The van der Waals surface area contributed by atoms with E-state index in [9.17, 15) is 0 Å². The summed E-state index contributed by atoms with van der Waals surface area (Å²) in [6, 6.07) is 4.56. The Kier molecular flexibility index (Phi) is 6.73. The van der Waals surface area contributed by atoms with Crippen molar-refractivity contribution in [3.8, 4) is 5.88 Å². The summed E-state index contributed by atoms with van der Waals surface area (Å²) in [6.07, 6.45) is 6.75. The van der Waals surface area contributed by atoms with Gasteiger partial charge in [-0.25, -0.2) is 4.98 Å². The van der Waals surface area contributed by atoms with Gasteiger partial charge in [0.15, 0.2) is 0 Å². The molecule has 0 saturated carbocycles. The summed E-state index contributed by atoms with van der Waals surface area (Å²) in [7, 11) is 3.68. The van der Waals surface area contributed by atoms with Crippen LogP contribution in [0.1, 0.15) is 38.7 Å². The number of nitrogens with zero attached hydrogens (tertiary/aromatic N) is 1. The molecule has 18 heavy (non-hydrogen) atoms. The highest BCUT2D eigenvalue weighted by Gasteiger charge is 2.08. The summed E-state index contributed by atoms with van der Waals surface area (Å²) >= 11 is 0. The lowest BCUT2D eigenvalue weighted by Crippen LogP contribution is -2.27. The van der Waals surface area contributed by atoms with Crippen LogP contribution in [-0.4, -0.2) is 25.2 Å². The maximum atomic E-state index is 5.06. The van der Waals surface area contributed by atoms with Gasteiger partial charge in [-0.3, -0.25) is 0 Å². The second-order valence-electron chi connectivity index (χ2n) is 5.22. The van der Waals surface area contributed by atoms with E-state index in [1.165, 1.54) is 24.8 Å². The zero-order valence-electron chi connectivity index (χ0n) is 12.1. The first-order valence-corrected chi connectivity index (χ1v) is 6.82. The molecule has 0 bridgehead atoms. The number of methoxy groups -OCH3 is 1. The number of ether oxygens (including phenoxy) is 1.